The van der Waals surface area contributed by atoms with Crippen molar-refractivity contribution in [2.75, 3.05) is 0 Å². The Morgan fingerprint density at radius 3 is 2.35 bits per heavy atom. The zero-order valence-corrected chi connectivity index (χ0v) is 22.7. The van der Waals surface area contributed by atoms with E-state index in [0.717, 1.165) is 6.92 Å². The van der Waals surface area contributed by atoms with Crippen LogP contribution in [-0.2, 0) is 38.1 Å². The summed E-state index contributed by atoms with van der Waals surface area (Å²) < 4.78 is 22.9. The van der Waals surface area contributed by atoms with Crippen LogP contribution in [-0.4, -0.2) is 69.2 Å². The third kappa shape index (κ3) is 4.58. The minimum Gasteiger partial charge on any atom is -0.459 e. The summed E-state index contributed by atoms with van der Waals surface area (Å²) in [6, 6.07) is 0. The van der Waals surface area contributed by atoms with Crippen LogP contribution in [0.2, 0.25) is 0 Å². The number of carbonyl (C=O) groups is 4. The molecular weight excluding hydrogens is 484 g/mol. The molecule has 0 bridgehead atoms. The molecule has 2 fully saturated rings. The number of allylic oxidation sites excluding steroid dienone is 1. The van der Waals surface area contributed by atoms with E-state index >= 15 is 0 Å². The van der Waals surface area contributed by atoms with Crippen molar-refractivity contribution in [3.8, 4) is 0 Å². The van der Waals surface area contributed by atoms with Gasteiger partial charge in [0.05, 0.1) is 5.92 Å². The van der Waals surface area contributed by atoms with Crippen molar-refractivity contribution in [2.45, 2.75) is 110 Å². The molecule has 0 unspecified atom stereocenters. The topological polar surface area (TPSA) is 146 Å². The van der Waals surface area contributed by atoms with Crippen molar-refractivity contribution in [3.05, 3.63) is 22.8 Å². The second-order valence-corrected chi connectivity index (χ2v) is 10.8. The Morgan fingerprint density at radius 1 is 1.19 bits per heavy atom. The van der Waals surface area contributed by atoms with Gasteiger partial charge in [0.1, 0.15) is 17.8 Å². The van der Waals surface area contributed by atoms with Crippen LogP contribution in [0.3, 0.4) is 0 Å². The first-order chi connectivity index (χ1) is 17.0. The summed E-state index contributed by atoms with van der Waals surface area (Å²) in [6.45, 7) is 12.4. The van der Waals surface area contributed by atoms with Gasteiger partial charge in [0.25, 0.3) is 0 Å². The lowest BCUT2D eigenvalue weighted by Gasteiger charge is -2.41. The fraction of sp³-hybridized carbons (Fsp3) is 0.704. The van der Waals surface area contributed by atoms with E-state index in [1.54, 1.807) is 47.6 Å². The van der Waals surface area contributed by atoms with Gasteiger partial charge < -0.3 is 29.2 Å². The van der Waals surface area contributed by atoms with E-state index in [4.69, 9.17) is 18.9 Å². The van der Waals surface area contributed by atoms with E-state index in [1.807, 2.05) is 0 Å². The molecule has 0 radical (unpaired) electrons. The Bertz CT molecular complexity index is 1060. The molecule has 8 atom stereocenters. The number of hydrogen-bond acceptors (Lipinski definition) is 10. The molecule has 206 valence electrons. The number of aliphatic hydroxyl groups is 2. The highest BCUT2D eigenvalue weighted by atomic mass is 16.6. The molecule has 0 aromatic carbocycles. The highest BCUT2D eigenvalue weighted by molar-refractivity contribution is 5.88. The third-order valence-corrected chi connectivity index (χ3v) is 8.32. The monoisotopic (exact) mass is 522 g/mol. The van der Waals surface area contributed by atoms with Gasteiger partial charge in [-0.25, -0.2) is 9.59 Å². The van der Waals surface area contributed by atoms with Crippen molar-refractivity contribution in [3.63, 3.8) is 0 Å². The molecule has 1 saturated carbocycles. The van der Waals surface area contributed by atoms with E-state index < -0.39 is 70.8 Å². The molecule has 0 aromatic heterocycles. The van der Waals surface area contributed by atoms with Gasteiger partial charge in [-0.05, 0) is 58.6 Å². The summed E-state index contributed by atoms with van der Waals surface area (Å²) in [5.41, 5.74) is -4.94. The van der Waals surface area contributed by atoms with Crippen molar-refractivity contribution in [2.24, 2.45) is 11.8 Å². The van der Waals surface area contributed by atoms with Gasteiger partial charge in [0.2, 0.25) is 0 Å². The van der Waals surface area contributed by atoms with Crippen molar-refractivity contribution < 1.29 is 48.3 Å². The Labute approximate surface area is 217 Å². The normalized spacial score (nSPS) is 38.2. The molecular formula is C27H38O10. The average Bonchev–Trinajstić information content (AvgIpc) is 3.20. The Kier molecular flexibility index (Phi) is 7.69. The van der Waals surface area contributed by atoms with Crippen LogP contribution in [0.4, 0.5) is 0 Å². The van der Waals surface area contributed by atoms with Crippen LogP contribution in [0.15, 0.2) is 22.8 Å². The molecule has 3 aliphatic rings. The van der Waals surface area contributed by atoms with Crippen molar-refractivity contribution in [1.29, 1.82) is 0 Å². The van der Waals surface area contributed by atoms with Crippen LogP contribution in [0.1, 0.15) is 74.7 Å². The number of esters is 4. The third-order valence-electron chi connectivity index (χ3n) is 8.32. The second-order valence-electron chi connectivity index (χ2n) is 10.8. The van der Waals surface area contributed by atoms with E-state index in [9.17, 15) is 29.4 Å². The van der Waals surface area contributed by atoms with Crippen LogP contribution in [0.5, 0.6) is 0 Å². The fourth-order valence-corrected chi connectivity index (χ4v) is 5.60. The molecule has 1 saturated heterocycles. The van der Waals surface area contributed by atoms with Gasteiger partial charge in [0.15, 0.2) is 17.3 Å². The predicted octanol–water partition coefficient (Wildman–Crippen LogP) is 2.29. The summed E-state index contributed by atoms with van der Waals surface area (Å²) in [7, 11) is 0. The average molecular weight is 523 g/mol. The highest BCUT2D eigenvalue weighted by Crippen LogP contribution is 2.56. The largest absolute Gasteiger partial charge is 0.459 e. The van der Waals surface area contributed by atoms with E-state index in [1.165, 1.54) is 6.92 Å². The molecule has 1 aliphatic heterocycles. The molecule has 0 amide bonds. The van der Waals surface area contributed by atoms with E-state index in [-0.39, 0.29) is 12.8 Å². The maximum Gasteiger partial charge on any atom is 0.341 e. The number of rotatable bonds is 6. The molecule has 2 N–H and O–H groups in total. The summed E-state index contributed by atoms with van der Waals surface area (Å²) >= 11 is 0. The number of fused-ring (bicyclic) bond motifs is 3. The lowest BCUT2D eigenvalue weighted by Crippen LogP contribution is -2.64. The summed E-state index contributed by atoms with van der Waals surface area (Å²) in [4.78, 5) is 50.5. The second kappa shape index (κ2) is 9.87. The van der Waals surface area contributed by atoms with Crippen molar-refractivity contribution in [1.82, 2.24) is 0 Å². The van der Waals surface area contributed by atoms with Gasteiger partial charge in [-0.15, -0.1) is 0 Å². The van der Waals surface area contributed by atoms with Crippen LogP contribution >= 0.6 is 0 Å². The first-order valence-corrected chi connectivity index (χ1v) is 12.6. The summed E-state index contributed by atoms with van der Waals surface area (Å²) in [5.74, 6) is -4.06. The Hall–Kier alpha value is -2.72. The van der Waals surface area contributed by atoms with Crippen molar-refractivity contribution >= 4 is 23.9 Å². The Balaban J connectivity index is 2.21. The predicted molar refractivity (Wildman–Crippen MR) is 130 cm³/mol. The van der Waals surface area contributed by atoms with Crippen LogP contribution in [0, 0.1) is 11.8 Å². The van der Waals surface area contributed by atoms with E-state index in [2.05, 4.69) is 0 Å². The van der Waals surface area contributed by atoms with Gasteiger partial charge in [-0.1, -0.05) is 19.9 Å². The summed E-state index contributed by atoms with van der Waals surface area (Å²) in [5, 5.41) is 23.4. The van der Waals surface area contributed by atoms with Gasteiger partial charge in [-0.3, -0.25) is 9.59 Å². The standard InChI is InChI=1S/C27H38O10/c1-9-13(3)22(29)34-18-11-17-20(15(18)5)21-27(33,26(8,32)24(31)36-21)19(35-23(30)14(4)10-2)12-25(17,7)37-16(6)28/h9,14,17-19,21,32-33H,10-12H2,1-8H3/t14-,17-,18+,19-,21-,25-,26+,27+/m0/s1. The summed E-state index contributed by atoms with van der Waals surface area (Å²) in [6.07, 6.45) is -1.63. The molecule has 10 heteroatoms. The van der Waals surface area contributed by atoms with E-state index in [0.29, 0.717) is 23.1 Å². The zero-order chi connectivity index (χ0) is 28.1. The number of hydrogen-bond donors (Lipinski definition) is 2. The number of carbonyl (C=O) groups excluding carboxylic acids is 4. The zero-order valence-electron chi connectivity index (χ0n) is 22.7. The molecule has 2 aliphatic carbocycles. The number of ether oxygens (including phenoxy) is 4. The maximum atomic E-state index is 12.9. The molecule has 10 nitrogen and oxygen atoms in total. The first-order valence-electron chi connectivity index (χ1n) is 12.6. The maximum absolute atomic E-state index is 12.9. The lowest BCUT2D eigenvalue weighted by atomic mass is 9.75. The molecule has 1 heterocycles. The van der Waals surface area contributed by atoms with Crippen LogP contribution < -0.4 is 0 Å². The quantitative estimate of drug-likeness (QED) is 0.231. The highest BCUT2D eigenvalue weighted by Gasteiger charge is 2.74. The van der Waals surface area contributed by atoms with Gasteiger partial charge in [-0.2, -0.15) is 0 Å². The van der Waals surface area contributed by atoms with Gasteiger partial charge >= 0.3 is 23.9 Å². The smallest absolute Gasteiger partial charge is 0.341 e. The van der Waals surface area contributed by atoms with Gasteiger partial charge in [0, 0.05) is 24.8 Å². The molecule has 0 spiro atoms. The molecule has 37 heavy (non-hydrogen) atoms. The minimum atomic E-state index is -2.45. The lowest BCUT2D eigenvalue weighted by molar-refractivity contribution is -0.212. The SMILES string of the molecule is CC=C(C)C(=O)O[C@@H]1C[C@H]2C(=C1C)[C@@H]1OC(=O)[C@@](C)(O)[C@@]1(O)[C@@H](OC(=O)[C@@H](C)CC)C[C@]2(C)OC(C)=O. The first kappa shape index (κ1) is 28.8. The minimum absolute atomic E-state index is 0.173. The molecule has 3 rings (SSSR count). The van der Waals surface area contributed by atoms with Crippen LogP contribution in [0.25, 0.3) is 0 Å². The fourth-order valence-electron chi connectivity index (χ4n) is 5.60. The Morgan fingerprint density at radius 2 is 1.81 bits per heavy atom. The molecule has 0 aromatic rings.